The lowest BCUT2D eigenvalue weighted by Gasteiger charge is -2.22. The standard InChI is InChI=1S/C15H16N2O3/c18-15-13-2-1-3-14(16-19)12(13)4-7-17(15)10-11-5-8-20-9-6-11/h1-4,7,11H,5-6,8-10H2. The number of pyridine rings is 1. The molecule has 3 rings (SSSR count). The molecular weight excluding hydrogens is 256 g/mol. The largest absolute Gasteiger partial charge is 0.381 e. The topological polar surface area (TPSA) is 60.7 Å². The highest BCUT2D eigenvalue weighted by Crippen LogP contribution is 2.23. The van der Waals surface area contributed by atoms with E-state index in [9.17, 15) is 9.70 Å². The zero-order valence-corrected chi connectivity index (χ0v) is 11.1. The van der Waals surface area contributed by atoms with Gasteiger partial charge in [-0.05, 0) is 42.1 Å². The van der Waals surface area contributed by atoms with Crippen LogP contribution in [0.2, 0.25) is 0 Å². The summed E-state index contributed by atoms with van der Waals surface area (Å²) in [5.74, 6) is 0.478. The molecule has 2 heterocycles. The molecule has 0 saturated carbocycles. The van der Waals surface area contributed by atoms with Crippen LogP contribution >= 0.6 is 0 Å². The number of ether oxygens (including phenoxy) is 1. The van der Waals surface area contributed by atoms with Gasteiger partial charge in [-0.1, -0.05) is 6.07 Å². The lowest BCUT2D eigenvalue weighted by molar-refractivity contribution is 0.0610. The van der Waals surface area contributed by atoms with E-state index in [2.05, 4.69) is 5.18 Å². The van der Waals surface area contributed by atoms with Crippen LogP contribution in [0.1, 0.15) is 12.8 Å². The molecule has 0 aliphatic carbocycles. The molecule has 0 spiro atoms. The Bertz CT molecular complexity index is 687. The predicted molar refractivity (Wildman–Crippen MR) is 77.2 cm³/mol. The molecule has 1 aliphatic heterocycles. The first-order valence-corrected chi connectivity index (χ1v) is 6.83. The van der Waals surface area contributed by atoms with Gasteiger partial charge in [0.15, 0.2) is 0 Å². The van der Waals surface area contributed by atoms with Crippen molar-refractivity contribution >= 4 is 16.5 Å². The lowest BCUT2D eigenvalue weighted by Crippen LogP contribution is -2.27. The first kappa shape index (κ1) is 13.0. The molecule has 5 heteroatoms. The minimum atomic E-state index is -0.0560. The number of rotatable bonds is 3. The van der Waals surface area contributed by atoms with Crippen molar-refractivity contribution in [1.29, 1.82) is 0 Å². The summed E-state index contributed by atoms with van der Waals surface area (Å²) in [4.78, 5) is 23.2. The third-order valence-corrected chi connectivity index (χ3v) is 3.89. The van der Waals surface area contributed by atoms with E-state index in [1.165, 1.54) is 0 Å². The Balaban J connectivity index is 1.98. The van der Waals surface area contributed by atoms with Crippen LogP contribution < -0.4 is 5.56 Å². The highest BCUT2D eigenvalue weighted by molar-refractivity contribution is 5.91. The fourth-order valence-electron chi connectivity index (χ4n) is 2.73. The fraction of sp³-hybridized carbons (Fsp3) is 0.400. The zero-order chi connectivity index (χ0) is 13.9. The highest BCUT2D eigenvalue weighted by atomic mass is 16.5. The smallest absolute Gasteiger partial charge is 0.258 e. The first-order valence-electron chi connectivity index (χ1n) is 6.83. The quantitative estimate of drug-likeness (QED) is 0.807. The SMILES string of the molecule is O=Nc1cccc2c(=O)n(CC3CCOCC3)ccc12. The monoisotopic (exact) mass is 272 g/mol. The highest BCUT2D eigenvalue weighted by Gasteiger charge is 2.15. The van der Waals surface area contributed by atoms with E-state index in [-0.39, 0.29) is 5.56 Å². The van der Waals surface area contributed by atoms with E-state index >= 15 is 0 Å². The molecule has 0 atom stereocenters. The molecule has 1 fully saturated rings. The van der Waals surface area contributed by atoms with Gasteiger partial charge in [0.1, 0.15) is 5.69 Å². The number of aromatic nitrogens is 1. The van der Waals surface area contributed by atoms with Crippen LogP contribution in [0.25, 0.3) is 10.8 Å². The fourth-order valence-corrected chi connectivity index (χ4v) is 2.73. The number of benzene rings is 1. The maximum absolute atomic E-state index is 12.5. The van der Waals surface area contributed by atoms with Crippen molar-refractivity contribution < 1.29 is 4.74 Å². The Morgan fingerprint density at radius 2 is 2.00 bits per heavy atom. The Labute approximate surface area is 116 Å². The van der Waals surface area contributed by atoms with Gasteiger partial charge >= 0.3 is 0 Å². The van der Waals surface area contributed by atoms with Gasteiger partial charge in [-0.15, -0.1) is 4.91 Å². The van der Waals surface area contributed by atoms with Crippen LogP contribution in [0.5, 0.6) is 0 Å². The van der Waals surface area contributed by atoms with Crippen LogP contribution in [0.3, 0.4) is 0 Å². The zero-order valence-electron chi connectivity index (χ0n) is 11.1. The van der Waals surface area contributed by atoms with E-state index in [0.717, 1.165) is 26.1 Å². The van der Waals surface area contributed by atoms with Gasteiger partial charge in [0.2, 0.25) is 0 Å². The summed E-state index contributed by atoms with van der Waals surface area (Å²) in [5, 5.41) is 4.14. The molecule has 0 unspecified atom stereocenters. The molecule has 1 aromatic carbocycles. The maximum Gasteiger partial charge on any atom is 0.258 e. The van der Waals surface area contributed by atoms with Gasteiger partial charge in [-0.3, -0.25) is 4.79 Å². The van der Waals surface area contributed by atoms with Gasteiger partial charge in [0.25, 0.3) is 5.56 Å². The van der Waals surface area contributed by atoms with Gasteiger partial charge in [-0.2, -0.15) is 0 Å². The summed E-state index contributed by atoms with van der Waals surface area (Å²) >= 11 is 0. The van der Waals surface area contributed by atoms with Gasteiger partial charge < -0.3 is 9.30 Å². The number of nitrogens with zero attached hydrogens (tertiary/aromatic N) is 2. The Morgan fingerprint density at radius 1 is 1.20 bits per heavy atom. The van der Waals surface area contributed by atoms with E-state index in [1.807, 2.05) is 0 Å². The van der Waals surface area contributed by atoms with Crippen molar-refractivity contribution in [2.45, 2.75) is 19.4 Å². The van der Waals surface area contributed by atoms with E-state index in [4.69, 9.17) is 4.74 Å². The third-order valence-electron chi connectivity index (χ3n) is 3.89. The van der Waals surface area contributed by atoms with E-state index < -0.39 is 0 Å². The van der Waals surface area contributed by atoms with Crippen molar-refractivity contribution in [3.63, 3.8) is 0 Å². The Hall–Kier alpha value is -2.01. The number of fused-ring (bicyclic) bond motifs is 1. The molecule has 1 aromatic heterocycles. The third kappa shape index (κ3) is 2.36. The summed E-state index contributed by atoms with van der Waals surface area (Å²) < 4.78 is 7.06. The molecule has 0 N–H and O–H groups in total. The van der Waals surface area contributed by atoms with Crippen molar-refractivity contribution in [2.75, 3.05) is 13.2 Å². The van der Waals surface area contributed by atoms with E-state index in [0.29, 0.717) is 28.9 Å². The molecule has 104 valence electrons. The van der Waals surface area contributed by atoms with Crippen molar-refractivity contribution in [3.8, 4) is 0 Å². The minimum absolute atomic E-state index is 0.0560. The van der Waals surface area contributed by atoms with Crippen LogP contribution in [-0.2, 0) is 11.3 Å². The second-order valence-corrected chi connectivity index (χ2v) is 5.16. The number of hydrogen-bond acceptors (Lipinski definition) is 4. The molecule has 0 bridgehead atoms. The summed E-state index contributed by atoms with van der Waals surface area (Å²) in [6.45, 7) is 2.25. The van der Waals surface area contributed by atoms with Gasteiger partial charge in [0, 0.05) is 36.7 Å². The van der Waals surface area contributed by atoms with Crippen molar-refractivity contribution in [3.05, 3.63) is 45.7 Å². The van der Waals surface area contributed by atoms with Crippen molar-refractivity contribution in [2.24, 2.45) is 11.1 Å². The normalized spacial score (nSPS) is 16.4. The number of hydrogen-bond donors (Lipinski definition) is 0. The van der Waals surface area contributed by atoms with Crippen LogP contribution in [0.15, 0.2) is 40.4 Å². The van der Waals surface area contributed by atoms with Crippen LogP contribution in [0.4, 0.5) is 5.69 Å². The van der Waals surface area contributed by atoms with Crippen molar-refractivity contribution in [1.82, 2.24) is 4.57 Å². The summed E-state index contributed by atoms with van der Waals surface area (Å²) in [6, 6.07) is 6.86. The number of nitroso groups, excluding NO2 is 1. The molecule has 1 saturated heterocycles. The average molecular weight is 272 g/mol. The molecular formula is C15H16N2O3. The second-order valence-electron chi connectivity index (χ2n) is 5.16. The average Bonchev–Trinajstić information content (AvgIpc) is 2.51. The van der Waals surface area contributed by atoms with Gasteiger partial charge in [0.05, 0.1) is 0 Å². The first-order chi connectivity index (χ1) is 9.79. The summed E-state index contributed by atoms with van der Waals surface area (Å²) in [6.07, 6.45) is 3.73. The van der Waals surface area contributed by atoms with Crippen LogP contribution in [-0.4, -0.2) is 17.8 Å². The molecule has 0 radical (unpaired) electrons. The Kier molecular flexibility index (Phi) is 3.60. The minimum Gasteiger partial charge on any atom is -0.381 e. The van der Waals surface area contributed by atoms with Gasteiger partial charge in [-0.25, -0.2) is 0 Å². The molecule has 0 amide bonds. The maximum atomic E-state index is 12.5. The lowest BCUT2D eigenvalue weighted by atomic mass is 10.00. The Morgan fingerprint density at radius 3 is 2.75 bits per heavy atom. The van der Waals surface area contributed by atoms with E-state index in [1.54, 1.807) is 35.0 Å². The predicted octanol–water partition coefficient (Wildman–Crippen LogP) is 2.83. The molecule has 5 nitrogen and oxygen atoms in total. The summed E-state index contributed by atoms with van der Waals surface area (Å²) in [5.41, 5.74) is 0.261. The summed E-state index contributed by atoms with van der Waals surface area (Å²) in [7, 11) is 0. The molecule has 2 aromatic rings. The molecule has 1 aliphatic rings. The van der Waals surface area contributed by atoms with Crippen LogP contribution in [0, 0.1) is 10.8 Å². The second kappa shape index (κ2) is 5.54. The molecule has 20 heavy (non-hydrogen) atoms.